The lowest BCUT2D eigenvalue weighted by atomic mass is 9.79. The Morgan fingerprint density at radius 3 is 2.65 bits per heavy atom. The van der Waals surface area contributed by atoms with Crippen LogP contribution in [-0.4, -0.2) is 49.4 Å². The van der Waals surface area contributed by atoms with E-state index in [1.807, 2.05) is 6.07 Å². The second-order valence-corrected chi connectivity index (χ2v) is 12.4. The van der Waals surface area contributed by atoms with E-state index in [1.54, 1.807) is 30.5 Å². The summed E-state index contributed by atoms with van der Waals surface area (Å²) < 4.78 is 48.2. The fourth-order valence-corrected chi connectivity index (χ4v) is 6.46. The van der Waals surface area contributed by atoms with Crippen LogP contribution in [-0.2, 0) is 27.8 Å². The molecule has 4 aromatic rings. The number of pyridine rings is 1. The molecule has 0 atom stereocenters. The number of anilines is 1. The monoisotopic (exact) mass is 582 g/mol. The summed E-state index contributed by atoms with van der Waals surface area (Å²) in [6, 6.07) is 10.9. The Balaban J connectivity index is 1.52. The predicted molar refractivity (Wildman–Crippen MR) is 151 cm³/mol. The van der Waals surface area contributed by atoms with Crippen LogP contribution in [0.15, 0.2) is 48.7 Å². The molecule has 1 amide bonds. The van der Waals surface area contributed by atoms with E-state index in [0.717, 1.165) is 24.7 Å². The topological polar surface area (TPSA) is 113 Å². The van der Waals surface area contributed by atoms with Crippen molar-refractivity contribution in [2.45, 2.75) is 31.9 Å². The SMILES string of the molecule is CNC(=O)c1c(-c2ccc(F)cc2)nn2cc(N(Cc3cc(Cl)c4c(c3)COB4O)S(C)(=O)=O)c(C3CC3)cc12. The molecule has 2 aliphatic rings. The maximum absolute atomic E-state index is 13.6. The first kappa shape index (κ1) is 26.8. The van der Waals surface area contributed by atoms with Crippen molar-refractivity contribution in [1.82, 2.24) is 14.9 Å². The number of hydrogen-bond acceptors (Lipinski definition) is 6. The second-order valence-electron chi connectivity index (χ2n) is 10.1. The Labute approximate surface area is 235 Å². The van der Waals surface area contributed by atoms with Crippen molar-refractivity contribution in [3.63, 3.8) is 0 Å². The molecule has 1 aliphatic heterocycles. The Morgan fingerprint density at radius 2 is 2.00 bits per heavy atom. The molecule has 3 heterocycles. The third-order valence-corrected chi connectivity index (χ3v) is 8.72. The van der Waals surface area contributed by atoms with Gasteiger partial charge in [0.05, 0.1) is 42.4 Å². The van der Waals surface area contributed by atoms with Crippen LogP contribution in [0.5, 0.6) is 0 Å². The zero-order chi connectivity index (χ0) is 28.3. The molecule has 0 unspecified atom stereocenters. The lowest BCUT2D eigenvalue weighted by Gasteiger charge is -2.26. The third-order valence-electron chi connectivity index (χ3n) is 7.28. The van der Waals surface area contributed by atoms with Gasteiger partial charge in [0.25, 0.3) is 5.91 Å². The van der Waals surface area contributed by atoms with Crippen LogP contribution >= 0.6 is 11.6 Å². The fraction of sp³-hybridized carbons (Fsp3) is 0.259. The maximum atomic E-state index is 13.6. The molecule has 2 aromatic carbocycles. The van der Waals surface area contributed by atoms with E-state index >= 15 is 0 Å². The number of carbonyl (C=O) groups excluding carboxylic acids is 1. The summed E-state index contributed by atoms with van der Waals surface area (Å²) in [6.45, 7) is 0.158. The number of carbonyl (C=O) groups is 1. The molecule has 9 nitrogen and oxygen atoms in total. The summed E-state index contributed by atoms with van der Waals surface area (Å²) in [5, 5.41) is 17.7. The molecule has 2 N–H and O–H groups in total. The zero-order valence-corrected chi connectivity index (χ0v) is 23.3. The number of amides is 1. The van der Waals surface area contributed by atoms with Crippen molar-refractivity contribution in [2.24, 2.45) is 0 Å². The maximum Gasteiger partial charge on any atom is 0.493 e. The Morgan fingerprint density at radius 1 is 1.27 bits per heavy atom. The van der Waals surface area contributed by atoms with Gasteiger partial charge in [0.1, 0.15) is 11.5 Å². The van der Waals surface area contributed by atoms with Crippen LogP contribution in [0.2, 0.25) is 5.02 Å². The summed E-state index contributed by atoms with van der Waals surface area (Å²) in [6.07, 6.45) is 4.54. The first-order valence-corrected chi connectivity index (χ1v) is 14.9. The molecular weight excluding hydrogens is 558 g/mol. The molecule has 2 aromatic heterocycles. The lowest BCUT2D eigenvalue weighted by Crippen LogP contribution is -2.32. The third kappa shape index (κ3) is 4.74. The van der Waals surface area contributed by atoms with Crippen LogP contribution in [0, 0.1) is 5.82 Å². The molecular formula is C27H25BClFN4O5S. The summed E-state index contributed by atoms with van der Waals surface area (Å²) in [5.74, 6) is -0.650. The first-order valence-electron chi connectivity index (χ1n) is 12.7. The van der Waals surface area contributed by atoms with E-state index in [1.165, 1.54) is 28.0 Å². The van der Waals surface area contributed by atoms with Gasteiger partial charge in [-0.1, -0.05) is 17.7 Å². The lowest BCUT2D eigenvalue weighted by molar-refractivity contribution is 0.0965. The largest absolute Gasteiger partial charge is 0.493 e. The average Bonchev–Trinajstić information content (AvgIpc) is 3.59. The number of aromatic nitrogens is 2. The van der Waals surface area contributed by atoms with Crippen molar-refractivity contribution >= 4 is 51.3 Å². The van der Waals surface area contributed by atoms with E-state index in [2.05, 4.69) is 10.4 Å². The van der Waals surface area contributed by atoms with Crippen LogP contribution in [0.4, 0.5) is 10.1 Å². The molecule has 1 aliphatic carbocycles. The van der Waals surface area contributed by atoms with Crippen LogP contribution in [0.25, 0.3) is 16.8 Å². The van der Waals surface area contributed by atoms with Gasteiger partial charge in [-0.15, -0.1) is 0 Å². The van der Waals surface area contributed by atoms with Gasteiger partial charge >= 0.3 is 7.12 Å². The van der Waals surface area contributed by atoms with Gasteiger partial charge in [0.15, 0.2) is 0 Å². The van der Waals surface area contributed by atoms with E-state index in [0.29, 0.717) is 49.6 Å². The van der Waals surface area contributed by atoms with Crippen molar-refractivity contribution < 1.29 is 27.3 Å². The van der Waals surface area contributed by atoms with Crippen molar-refractivity contribution in [1.29, 1.82) is 0 Å². The molecule has 0 radical (unpaired) electrons. The standard InChI is InChI=1S/C27H25BClFN4O5S/c1-31-27(35)24-22-11-20(16-3-4-16)23(13-33(22)32-26(24)17-5-7-19(30)8-6-17)34(40(2,37)38)12-15-9-18-14-39-28(36)25(18)21(29)10-15/h5-11,13,16,36H,3-4,12,14H2,1-2H3,(H,31,35). The summed E-state index contributed by atoms with van der Waals surface area (Å²) in [7, 11) is -3.38. The predicted octanol–water partition coefficient (Wildman–Crippen LogP) is 3.21. The zero-order valence-electron chi connectivity index (χ0n) is 21.7. The number of nitrogens with zero attached hydrogens (tertiary/aromatic N) is 3. The Hall–Kier alpha value is -3.45. The number of hydrogen-bond donors (Lipinski definition) is 2. The highest BCUT2D eigenvalue weighted by Gasteiger charge is 2.34. The normalized spacial score (nSPS) is 15.0. The molecule has 40 heavy (non-hydrogen) atoms. The molecule has 1 saturated carbocycles. The minimum absolute atomic E-state index is 0.0124. The van der Waals surface area contributed by atoms with Crippen molar-refractivity contribution in [3.05, 3.63) is 81.8 Å². The summed E-state index contributed by atoms with van der Waals surface area (Å²) >= 11 is 6.43. The number of fused-ring (bicyclic) bond motifs is 2. The number of benzene rings is 2. The van der Waals surface area contributed by atoms with Gasteiger partial charge in [-0.05, 0) is 71.8 Å². The molecule has 13 heteroatoms. The highest BCUT2D eigenvalue weighted by molar-refractivity contribution is 7.92. The van der Waals surface area contributed by atoms with E-state index in [4.69, 9.17) is 16.3 Å². The first-order chi connectivity index (χ1) is 19.0. The van der Waals surface area contributed by atoms with Crippen LogP contribution < -0.4 is 15.1 Å². The van der Waals surface area contributed by atoms with Gasteiger partial charge in [-0.25, -0.2) is 17.3 Å². The molecule has 0 spiro atoms. The molecule has 0 saturated heterocycles. The molecule has 6 rings (SSSR count). The number of nitrogens with one attached hydrogen (secondary N) is 1. The fourth-order valence-electron chi connectivity index (χ4n) is 5.21. The molecule has 0 bridgehead atoms. The van der Waals surface area contributed by atoms with Gasteiger partial charge < -0.3 is 15.0 Å². The summed E-state index contributed by atoms with van der Waals surface area (Å²) in [4.78, 5) is 13.0. The van der Waals surface area contributed by atoms with Crippen LogP contribution in [0.3, 0.4) is 0 Å². The highest BCUT2D eigenvalue weighted by Crippen LogP contribution is 2.46. The average molecular weight is 583 g/mol. The van der Waals surface area contributed by atoms with E-state index in [-0.39, 0.29) is 25.0 Å². The van der Waals surface area contributed by atoms with Gasteiger partial charge in [0.2, 0.25) is 10.0 Å². The van der Waals surface area contributed by atoms with Crippen molar-refractivity contribution in [3.8, 4) is 11.3 Å². The van der Waals surface area contributed by atoms with Gasteiger partial charge in [0, 0.05) is 23.1 Å². The van der Waals surface area contributed by atoms with E-state index in [9.17, 15) is 22.6 Å². The second kappa shape index (κ2) is 9.88. The quantitative estimate of drug-likeness (QED) is 0.324. The Kier molecular flexibility index (Phi) is 6.61. The van der Waals surface area contributed by atoms with Crippen molar-refractivity contribution in [2.75, 3.05) is 17.6 Å². The molecule has 206 valence electrons. The van der Waals surface area contributed by atoms with Gasteiger partial charge in [-0.3, -0.25) is 9.10 Å². The number of rotatable bonds is 7. The summed E-state index contributed by atoms with van der Waals surface area (Å²) in [5.41, 5.74) is 4.80. The number of sulfonamides is 1. The van der Waals surface area contributed by atoms with Crippen LogP contribution in [0.1, 0.15) is 45.8 Å². The Bertz CT molecular complexity index is 1780. The number of halogens is 2. The minimum Gasteiger partial charge on any atom is -0.423 e. The highest BCUT2D eigenvalue weighted by atomic mass is 35.5. The van der Waals surface area contributed by atoms with Gasteiger partial charge in [-0.2, -0.15) is 5.10 Å². The smallest absolute Gasteiger partial charge is 0.423 e. The minimum atomic E-state index is -3.78. The van der Waals surface area contributed by atoms with E-state index < -0.39 is 23.0 Å². The molecule has 1 fully saturated rings.